The number of benzene rings is 6. The Bertz CT molecular complexity index is 2260. The molecule has 2 heterocycles. The molecule has 0 bridgehead atoms. The predicted octanol–water partition coefficient (Wildman–Crippen LogP) is 13.4. The Balaban J connectivity index is 1.21. The molecule has 0 saturated carbocycles. The molecule has 0 radical (unpaired) electrons. The Hall–Kier alpha value is -5.70. The first-order valence-corrected chi connectivity index (χ1v) is 17.8. The van der Waals surface area contributed by atoms with Gasteiger partial charge >= 0.3 is 0 Å². The topological polar surface area (TPSA) is 15.8 Å². The standard InChI is InChI=1S/C47H35NS/c1-47(2)41-25-23-35(45-43(33-19-11-5-12-20-33)39(29-48-45)31-15-7-3-8-16-31)27-37(41)38-28-36(24-26-42(38)47)46-44(34-21-13-6-14-22-34)40(30-49-46)32-17-9-4-10-18-32/h3-30,48H,1-2H3. The molecular weight excluding hydrogens is 611 g/mol. The highest BCUT2D eigenvalue weighted by Crippen LogP contribution is 2.53. The van der Waals surface area contributed by atoms with Crippen LogP contribution in [0.5, 0.6) is 0 Å². The van der Waals surface area contributed by atoms with Crippen LogP contribution in [-0.2, 0) is 5.41 Å². The molecule has 234 valence electrons. The van der Waals surface area contributed by atoms with Crippen LogP contribution in [0.4, 0.5) is 0 Å². The van der Waals surface area contributed by atoms with E-state index in [-0.39, 0.29) is 5.41 Å². The fourth-order valence-electron chi connectivity index (χ4n) is 7.76. The van der Waals surface area contributed by atoms with Crippen LogP contribution in [0.25, 0.3) is 77.3 Å². The van der Waals surface area contributed by atoms with Gasteiger partial charge < -0.3 is 4.98 Å². The first-order valence-electron chi connectivity index (χ1n) is 16.9. The molecule has 6 aromatic carbocycles. The maximum absolute atomic E-state index is 3.71. The van der Waals surface area contributed by atoms with Crippen molar-refractivity contribution >= 4 is 11.3 Å². The van der Waals surface area contributed by atoms with E-state index < -0.39 is 0 Å². The summed E-state index contributed by atoms with van der Waals surface area (Å²) in [5, 5.41) is 2.33. The number of aromatic amines is 1. The molecule has 0 aliphatic heterocycles. The van der Waals surface area contributed by atoms with Gasteiger partial charge in [-0.25, -0.2) is 0 Å². The van der Waals surface area contributed by atoms with E-state index in [2.05, 4.69) is 188 Å². The highest BCUT2D eigenvalue weighted by atomic mass is 32.1. The summed E-state index contributed by atoms with van der Waals surface area (Å²) in [5.74, 6) is 0. The van der Waals surface area contributed by atoms with Gasteiger partial charge in [-0.1, -0.05) is 159 Å². The van der Waals surface area contributed by atoms with Gasteiger partial charge in [-0.05, 0) is 73.1 Å². The zero-order valence-corrected chi connectivity index (χ0v) is 28.4. The molecule has 1 N–H and O–H groups in total. The molecule has 8 aromatic rings. The largest absolute Gasteiger partial charge is 0.360 e. The molecule has 2 heteroatoms. The Kier molecular flexibility index (Phi) is 7.07. The van der Waals surface area contributed by atoms with Gasteiger partial charge in [-0.3, -0.25) is 0 Å². The molecule has 1 aliphatic rings. The lowest BCUT2D eigenvalue weighted by Crippen LogP contribution is -2.14. The van der Waals surface area contributed by atoms with Crippen LogP contribution in [0.1, 0.15) is 25.0 Å². The first-order chi connectivity index (χ1) is 24.1. The Morgan fingerprint density at radius 2 is 0.898 bits per heavy atom. The number of nitrogens with one attached hydrogen (secondary N) is 1. The van der Waals surface area contributed by atoms with Crippen molar-refractivity contribution in [2.45, 2.75) is 19.3 Å². The first kappa shape index (κ1) is 29.4. The van der Waals surface area contributed by atoms with E-state index in [9.17, 15) is 0 Å². The molecule has 9 rings (SSSR count). The van der Waals surface area contributed by atoms with Crippen LogP contribution in [0.2, 0.25) is 0 Å². The zero-order chi connectivity index (χ0) is 33.0. The van der Waals surface area contributed by atoms with E-state index in [0.717, 1.165) is 5.69 Å². The van der Waals surface area contributed by atoms with Gasteiger partial charge in [0.15, 0.2) is 0 Å². The molecule has 0 unspecified atom stereocenters. The van der Waals surface area contributed by atoms with Crippen LogP contribution in [0.15, 0.2) is 169 Å². The van der Waals surface area contributed by atoms with E-state index in [1.165, 1.54) is 82.8 Å². The summed E-state index contributed by atoms with van der Waals surface area (Å²) in [6.07, 6.45) is 2.17. The van der Waals surface area contributed by atoms with E-state index in [1.807, 2.05) is 11.3 Å². The summed E-state index contributed by atoms with van der Waals surface area (Å²) >= 11 is 1.84. The Labute approximate surface area is 292 Å². The van der Waals surface area contributed by atoms with Crippen molar-refractivity contribution in [1.29, 1.82) is 0 Å². The number of H-pyrrole nitrogens is 1. The van der Waals surface area contributed by atoms with Crippen molar-refractivity contribution in [3.8, 4) is 77.3 Å². The van der Waals surface area contributed by atoms with Crippen LogP contribution in [0, 0.1) is 0 Å². The lowest BCUT2D eigenvalue weighted by atomic mass is 9.82. The van der Waals surface area contributed by atoms with E-state index in [1.54, 1.807) is 0 Å². The molecule has 49 heavy (non-hydrogen) atoms. The second-order valence-electron chi connectivity index (χ2n) is 13.4. The van der Waals surface area contributed by atoms with Gasteiger partial charge in [0.25, 0.3) is 0 Å². The third-order valence-electron chi connectivity index (χ3n) is 10.2. The number of aromatic nitrogens is 1. The minimum Gasteiger partial charge on any atom is -0.360 e. The molecule has 0 atom stereocenters. The van der Waals surface area contributed by atoms with Gasteiger partial charge in [-0.2, -0.15) is 0 Å². The third kappa shape index (κ3) is 4.91. The fraction of sp³-hybridized carbons (Fsp3) is 0.0638. The number of fused-ring (bicyclic) bond motifs is 3. The molecule has 1 aliphatic carbocycles. The van der Waals surface area contributed by atoms with Gasteiger partial charge in [0, 0.05) is 38.7 Å². The quantitative estimate of drug-likeness (QED) is 0.185. The Morgan fingerprint density at radius 1 is 0.429 bits per heavy atom. The van der Waals surface area contributed by atoms with Crippen molar-refractivity contribution in [3.63, 3.8) is 0 Å². The normalized spacial score (nSPS) is 12.9. The highest BCUT2D eigenvalue weighted by molar-refractivity contribution is 7.14. The lowest BCUT2D eigenvalue weighted by molar-refractivity contribution is 0.660. The van der Waals surface area contributed by atoms with Crippen molar-refractivity contribution < 1.29 is 0 Å². The molecule has 0 fully saturated rings. The lowest BCUT2D eigenvalue weighted by Gasteiger charge is -2.21. The van der Waals surface area contributed by atoms with Gasteiger partial charge in [0.05, 0.1) is 5.69 Å². The summed E-state index contributed by atoms with van der Waals surface area (Å²) in [6.45, 7) is 4.73. The monoisotopic (exact) mass is 645 g/mol. The summed E-state index contributed by atoms with van der Waals surface area (Å²) < 4.78 is 0. The second-order valence-corrected chi connectivity index (χ2v) is 14.3. The van der Waals surface area contributed by atoms with Gasteiger partial charge in [0.2, 0.25) is 0 Å². The fourth-order valence-corrected chi connectivity index (χ4v) is 8.86. The van der Waals surface area contributed by atoms with Crippen molar-refractivity contribution in [1.82, 2.24) is 4.98 Å². The minimum absolute atomic E-state index is 0.0954. The van der Waals surface area contributed by atoms with Crippen LogP contribution < -0.4 is 0 Å². The van der Waals surface area contributed by atoms with Crippen LogP contribution in [-0.4, -0.2) is 4.98 Å². The highest BCUT2D eigenvalue weighted by Gasteiger charge is 2.36. The van der Waals surface area contributed by atoms with E-state index in [4.69, 9.17) is 0 Å². The Morgan fingerprint density at radius 3 is 1.47 bits per heavy atom. The summed E-state index contributed by atoms with van der Waals surface area (Å²) in [7, 11) is 0. The van der Waals surface area contributed by atoms with Crippen molar-refractivity contribution in [2.24, 2.45) is 0 Å². The molecule has 1 nitrogen and oxygen atoms in total. The smallest absolute Gasteiger partial charge is 0.0540 e. The van der Waals surface area contributed by atoms with E-state index in [0.29, 0.717) is 0 Å². The summed E-state index contributed by atoms with van der Waals surface area (Å²) in [6, 6.07) is 57.3. The molecular formula is C47H35NS. The summed E-state index contributed by atoms with van der Waals surface area (Å²) in [5.41, 5.74) is 18.8. The molecule has 2 aromatic heterocycles. The van der Waals surface area contributed by atoms with Crippen molar-refractivity contribution in [2.75, 3.05) is 0 Å². The number of hydrogen-bond acceptors (Lipinski definition) is 1. The van der Waals surface area contributed by atoms with Crippen LogP contribution >= 0.6 is 11.3 Å². The molecule has 0 spiro atoms. The SMILES string of the molecule is CC1(C)c2ccc(-c3[nH]cc(-c4ccccc4)c3-c3ccccc3)cc2-c2cc(-c3scc(-c4ccccc4)c3-c3ccccc3)ccc21. The number of thiophene rings is 1. The maximum atomic E-state index is 3.71. The third-order valence-corrected chi connectivity index (χ3v) is 11.2. The summed E-state index contributed by atoms with van der Waals surface area (Å²) in [4.78, 5) is 5.01. The van der Waals surface area contributed by atoms with Crippen molar-refractivity contribution in [3.05, 3.63) is 180 Å². The second kappa shape index (κ2) is 11.8. The molecule has 0 saturated heterocycles. The molecule has 0 amide bonds. The minimum atomic E-state index is -0.0954. The van der Waals surface area contributed by atoms with E-state index >= 15 is 0 Å². The predicted molar refractivity (Wildman–Crippen MR) is 209 cm³/mol. The average molecular weight is 646 g/mol. The average Bonchev–Trinajstić information content (AvgIpc) is 3.87. The zero-order valence-electron chi connectivity index (χ0n) is 27.6. The van der Waals surface area contributed by atoms with Gasteiger partial charge in [0.1, 0.15) is 0 Å². The van der Waals surface area contributed by atoms with Crippen LogP contribution in [0.3, 0.4) is 0 Å². The maximum Gasteiger partial charge on any atom is 0.0540 e. The van der Waals surface area contributed by atoms with Gasteiger partial charge in [-0.15, -0.1) is 11.3 Å². The number of hydrogen-bond donors (Lipinski definition) is 1. The number of rotatable bonds is 6.